The number of carbonyl (C=O) groups excluding carboxylic acids is 2. The average molecular weight is 474 g/mol. The Morgan fingerprint density at radius 3 is 2.73 bits per heavy atom. The molecule has 178 valence electrons. The molecule has 0 unspecified atom stereocenters. The van der Waals surface area contributed by atoms with Crippen LogP contribution in [0.1, 0.15) is 43.9 Å². The summed E-state index contributed by atoms with van der Waals surface area (Å²) in [4.78, 5) is 29.8. The van der Waals surface area contributed by atoms with Crippen molar-refractivity contribution in [2.24, 2.45) is 5.92 Å². The fourth-order valence-electron chi connectivity index (χ4n) is 5.88. The van der Waals surface area contributed by atoms with Gasteiger partial charge in [-0.05, 0) is 44.3 Å². The minimum atomic E-state index is -0.754. The zero-order chi connectivity index (χ0) is 22.9. The maximum Gasteiger partial charge on any atom is 0.332 e. The molecule has 1 N–H and O–H groups in total. The van der Waals surface area contributed by atoms with Crippen molar-refractivity contribution in [3.05, 3.63) is 34.7 Å². The Bertz CT molecular complexity index is 949. The molecule has 1 amide bonds. The highest BCUT2D eigenvalue weighted by Gasteiger charge is 2.51. The van der Waals surface area contributed by atoms with Crippen molar-refractivity contribution in [2.75, 3.05) is 44.6 Å². The number of hydrogen-bond donors (Lipinski definition) is 1. The number of carbonyl (C=O) groups is 2. The number of aromatic nitrogens is 1. The number of piperidine rings is 4. The van der Waals surface area contributed by atoms with E-state index in [2.05, 4.69) is 21.4 Å². The highest BCUT2D eigenvalue weighted by molar-refractivity contribution is 7.10. The Labute approximate surface area is 198 Å². The molecule has 9 heteroatoms. The number of thiophene rings is 1. The number of fused-ring (bicyclic) bond motifs is 3. The highest BCUT2D eigenvalue weighted by atomic mass is 32.1. The molecule has 33 heavy (non-hydrogen) atoms. The number of likely N-dealkylation sites (tertiary alicyclic amines) is 1. The zero-order valence-electron chi connectivity index (χ0n) is 19.2. The molecule has 8 nitrogen and oxygen atoms in total. The molecule has 4 fully saturated rings. The number of hydrogen-bond acceptors (Lipinski definition) is 7. The normalized spacial score (nSPS) is 29.4. The van der Waals surface area contributed by atoms with Gasteiger partial charge in [0.25, 0.3) is 5.91 Å². The van der Waals surface area contributed by atoms with E-state index in [1.54, 1.807) is 17.4 Å². The van der Waals surface area contributed by atoms with Gasteiger partial charge < -0.3 is 19.1 Å². The van der Waals surface area contributed by atoms with Crippen molar-refractivity contribution in [1.29, 1.82) is 0 Å². The van der Waals surface area contributed by atoms with Crippen LogP contribution in [0.5, 0.6) is 0 Å². The van der Waals surface area contributed by atoms with Gasteiger partial charge in [-0.25, -0.2) is 4.79 Å². The van der Waals surface area contributed by atoms with E-state index in [-0.39, 0.29) is 18.0 Å². The topological polar surface area (TPSA) is 84.7 Å². The number of quaternary nitrogens is 1. The Morgan fingerprint density at radius 1 is 1.27 bits per heavy atom. The number of rotatable bonds is 7. The first-order valence-corrected chi connectivity index (χ1v) is 12.9. The predicted molar refractivity (Wildman–Crippen MR) is 125 cm³/mol. The second-order valence-corrected chi connectivity index (χ2v) is 10.9. The molecule has 2 atom stereocenters. The SMILES string of the molecule is C[C@@](C(=O)O[C@H]1C[N+]2(CC(=O)Nc3ccon3)CCC1CC2)(c1cccs1)N1CCCCC1. The van der Waals surface area contributed by atoms with Crippen LogP contribution in [0.25, 0.3) is 0 Å². The van der Waals surface area contributed by atoms with Gasteiger partial charge in [0.05, 0.1) is 13.1 Å². The van der Waals surface area contributed by atoms with Gasteiger partial charge in [0, 0.05) is 29.7 Å². The highest BCUT2D eigenvalue weighted by Crippen LogP contribution is 2.39. The lowest BCUT2D eigenvalue weighted by Crippen LogP contribution is -2.66. The van der Waals surface area contributed by atoms with Gasteiger partial charge in [-0.2, -0.15) is 0 Å². The molecule has 2 bridgehead atoms. The summed E-state index contributed by atoms with van der Waals surface area (Å²) < 4.78 is 11.8. The Morgan fingerprint density at radius 2 is 2.06 bits per heavy atom. The van der Waals surface area contributed by atoms with Crippen LogP contribution in [-0.4, -0.2) is 71.8 Å². The summed E-state index contributed by atoms with van der Waals surface area (Å²) in [6.07, 6.45) is 6.69. The monoisotopic (exact) mass is 473 g/mol. The Kier molecular flexibility index (Phi) is 6.28. The Balaban J connectivity index is 1.29. The molecule has 0 spiro atoms. The largest absolute Gasteiger partial charge is 0.454 e. The quantitative estimate of drug-likeness (QED) is 0.491. The van der Waals surface area contributed by atoms with E-state index in [0.29, 0.717) is 29.3 Å². The molecular weight excluding hydrogens is 440 g/mol. The molecule has 0 aliphatic carbocycles. The van der Waals surface area contributed by atoms with Crippen molar-refractivity contribution in [3.63, 3.8) is 0 Å². The van der Waals surface area contributed by atoms with Gasteiger partial charge in [-0.1, -0.05) is 17.6 Å². The van der Waals surface area contributed by atoms with Crippen LogP contribution >= 0.6 is 11.3 Å². The van der Waals surface area contributed by atoms with Gasteiger partial charge in [-0.15, -0.1) is 11.3 Å². The maximum absolute atomic E-state index is 13.8. The molecule has 0 aromatic carbocycles. The van der Waals surface area contributed by atoms with E-state index >= 15 is 0 Å². The third kappa shape index (κ3) is 4.46. The first-order valence-electron chi connectivity index (χ1n) is 12.0. The summed E-state index contributed by atoms with van der Waals surface area (Å²) in [5.74, 6) is 0.588. The lowest BCUT2D eigenvalue weighted by Gasteiger charge is -2.52. The first-order chi connectivity index (χ1) is 16.0. The number of nitrogens with zero attached hydrogens (tertiary/aromatic N) is 3. The van der Waals surface area contributed by atoms with Crippen LogP contribution < -0.4 is 5.32 Å². The van der Waals surface area contributed by atoms with Gasteiger partial charge in [-0.3, -0.25) is 9.69 Å². The average Bonchev–Trinajstić information content (AvgIpc) is 3.54. The number of esters is 1. The van der Waals surface area contributed by atoms with Crippen LogP contribution in [0.4, 0.5) is 5.82 Å². The Hall–Kier alpha value is -2.23. The molecule has 2 aromatic rings. The smallest absolute Gasteiger partial charge is 0.332 e. The number of nitrogens with one attached hydrogen (secondary N) is 1. The van der Waals surface area contributed by atoms with Crippen LogP contribution in [-0.2, 0) is 19.9 Å². The van der Waals surface area contributed by atoms with Crippen LogP contribution in [0.15, 0.2) is 34.4 Å². The number of amides is 1. The first kappa shape index (κ1) is 22.6. The van der Waals surface area contributed by atoms with E-state index in [1.807, 2.05) is 18.4 Å². The molecule has 4 aliphatic heterocycles. The third-order valence-corrected chi connectivity index (χ3v) is 8.95. The maximum atomic E-state index is 13.8. The summed E-state index contributed by atoms with van der Waals surface area (Å²) in [5, 5.41) is 8.62. The van der Waals surface area contributed by atoms with Crippen LogP contribution in [0.2, 0.25) is 0 Å². The van der Waals surface area contributed by atoms with Crippen LogP contribution in [0, 0.1) is 5.92 Å². The molecule has 4 saturated heterocycles. The van der Waals surface area contributed by atoms with Crippen molar-refractivity contribution in [1.82, 2.24) is 10.1 Å². The zero-order valence-corrected chi connectivity index (χ0v) is 20.0. The molecule has 4 aliphatic rings. The fourth-order valence-corrected chi connectivity index (χ4v) is 6.78. The van der Waals surface area contributed by atoms with Crippen molar-refractivity contribution < 1.29 is 23.3 Å². The fraction of sp³-hybridized carbons (Fsp3) is 0.625. The molecule has 6 rings (SSSR count). The third-order valence-electron chi connectivity index (χ3n) is 7.87. The minimum absolute atomic E-state index is 0.0777. The van der Waals surface area contributed by atoms with E-state index in [1.165, 1.54) is 12.7 Å². The summed E-state index contributed by atoms with van der Waals surface area (Å²) in [6, 6.07) is 5.70. The minimum Gasteiger partial charge on any atom is -0.454 e. The predicted octanol–water partition coefficient (Wildman–Crippen LogP) is 3.23. The van der Waals surface area contributed by atoms with Gasteiger partial charge >= 0.3 is 5.97 Å². The molecule has 0 saturated carbocycles. The lowest BCUT2D eigenvalue weighted by atomic mass is 9.83. The van der Waals surface area contributed by atoms with Gasteiger partial charge in [0.2, 0.25) is 0 Å². The number of anilines is 1. The summed E-state index contributed by atoms with van der Waals surface area (Å²) in [5.41, 5.74) is -0.754. The van der Waals surface area contributed by atoms with Crippen molar-refractivity contribution >= 4 is 29.0 Å². The second-order valence-electron chi connectivity index (χ2n) is 9.94. The summed E-state index contributed by atoms with van der Waals surface area (Å²) >= 11 is 1.63. The van der Waals surface area contributed by atoms with Gasteiger partial charge in [0.15, 0.2) is 24.0 Å². The molecular formula is C24H33N4O4S+. The molecule has 6 heterocycles. The molecule has 0 radical (unpaired) electrons. The lowest BCUT2D eigenvalue weighted by molar-refractivity contribution is -0.939. The summed E-state index contributed by atoms with van der Waals surface area (Å²) in [7, 11) is 0. The molecule has 2 aromatic heterocycles. The second kappa shape index (κ2) is 9.19. The standard InChI is InChI=1S/C24H32N4O4S/c1-24(20-6-5-15-33-20,27-10-3-2-4-11-27)23(30)32-19-16-28(12-7-18(19)8-13-28)17-22(29)25-21-9-14-31-26-21/h5-6,9,14-15,18-19H,2-4,7-8,10-13,16-17H2,1H3/p+1/t18?,19-,24-,28?/m0/s1. The number of ether oxygens (including phenoxy) is 1. The van der Waals surface area contributed by atoms with Crippen molar-refractivity contribution in [2.45, 2.75) is 50.7 Å². The van der Waals surface area contributed by atoms with E-state index in [0.717, 1.165) is 56.7 Å². The van der Waals surface area contributed by atoms with Gasteiger partial charge in [0.1, 0.15) is 12.8 Å². The summed E-state index contributed by atoms with van der Waals surface area (Å²) in [6.45, 7) is 6.81. The van der Waals surface area contributed by atoms with E-state index in [4.69, 9.17) is 9.26 Å². The van der Waals surface area contributed by atoms with E-state index < -0.39 is 5.54 Å². The van der Waals surface area contributed by atoms with E-state index in [9.17, 15) is 9.59 Å². The van der Waals surface area contributed by atoms with Crippen molar-refractivity contribution in [3.8, 4) is 0 Å². The van der Waals surface area contributed by atoms with Crippen LogP contribution in [0.3, 0.4) is 0 Å².